The molecule has 6 nitrogen and oxygen atoms in total. The molecule has 0 bridgehead atoms. The van der Waals surface area contributed by atoms with Gasteiger partial charge in [0.25, 0.3) is 0 Å². The number of nitrogens with two attached hydrogens (primary N) is 1. The van der Waals surface area contributed by atoms with Gasteiger partial charge in [-0.05, 0) is 68.1 Å². The number of ether oxygens (including phenoxy) is 1. The fourth-order valence-electron chi connectivity index (χ4n) is 3.89. The van der Waals surface area contributed by atoms with Gasteiger partial charge in [0, 0.05) is 29.6 Å². The van der Waals surface area contributed by atoms with E-state index in [4.69, 9.17) is 10.5 Å². The van der Waals surface area contributed by atoms with E-state index < -0.39 is 5.91 Å². The van der Waals surface area contributed by atoms with Gasteiger partial charge in [-0.15, -0.1) is 0 Å². The third-order valence-electron chi connectivity index (χ3n) is 5.74. The molecule has 2 aromatic carbocycles. The SMILES string of the molecule is CNC1CCC(C(=O)NCc2cc(-c3ccc(C(N)=O)cc3)ccc2OC)CC1. The van der Waals surface area contributed by atoms with Crippen LogP contribution in [0.25, 0.3) is 11.1 Å². The maximum Gasteiger partial charge on any atom is 0.248 e. The van der Waals surface area contributed by atoms with Crippen molar-refractivity contribution in [2.45, 2.75) is 38.3 Å². The van der Waals surface area contributed by atoms with E-state index in [0.717, 1.165) is 48.1 Å². The van der Waals surface area contributed by atoms with Crippen molar-refractivity contribution in [2.24, 2.45) is 11.7 Å². The Bertz CT molecular complexity index is 856. The Morgan fingerprint density at radius 3 is 2.28 bits per heavy atom. The van der Waals surface area contributed by atoms with Crippen molar-refractivity contribution in [1.82, 2.24) is 10.6 Å². The highest BCUT2D eigenvalue weighted by atomic mass is 16.5. The maximum atomic E-state index is 12.6. The number of carbonyl (C=O) groups excluding carboxylic acids is 2. The van der Waals surface area contributed by atoms with Crippen LogP contribution in [0.2, 0.25) is 0 Å². The molecule has 0 atom stereocenters. The second-order valence-electron chi connectivity index (χ2n) is 7.52. The van der Waals surface area contributed by atoms with Crippen molar-refractivity contribution in [3.05, 3.63) is 53.6 Å². The van der Waals surface area contributed by atoms with Gasteiger partial charge in [0.15, 0.2) is 0 Å². The van der Waals surface area contributed by atoms with E-state index in [2.05, 4.69) is 10.6 Å². The van der Waals surface area contributed by atoms with Crippen molar-refractivity contribution in [1.29, 1.82) is 0 Å². The number of amides is 2. The summed E-state index contributed by atoms with van der Waals surface area (Å²) < 4.78 is 5.47. The monoisotopic (exact) mass is 395 g/mol. The third-order valence-corrected chi connectivity index (χ3v) is 5.74. The summed E-state index contributed by atoms with van der Waals surface area (Å²) in [7, 11) is 3.60. The first-order valence-corrected chi connectivity index (χ1v) is 10.0. The molecule has 2 amide bonds. The predicted octanol–water partition coefficient (Wildman–Crippen LogP) is 2.86. The van der Waals surface area contributed by atoms with Crippen LogP contribution < -0.4 is 21.1 Å². The first kappa shape index (κ1) is 20.9. The minimum atomic E-state index is -0.446. The average Bonchev–Trinajstić information content (AvgIpc) is 2.77. The molecule has 3 rings (SSSR count). The predicted molar refractivity (Wildman–Crippen MR) is 114 cm³/mol. The summed E-state index contributed by atoms with van der Waals surface area (Å²) >= 11 is 0. The number of hydrogen-bond donors (Lipinski definition) is 3. The van der Waals surface area contributed by atoms with Gasteiger partial charge in [-0.2, -0.15) is 0 Å². The lowest BCUT2D eigenvalue weighted by molar-refractivity contribution is -0.126. The van der Waals surface area contributed by atoms with Gasteiger partial charge < -0.3 is 21.1 Å². The van der Waals surface area contributed by atoms with Gasteiger partial charge in [-0.25, -0.2) is 0 Å². The lowest BCUT2D eigenvalue weighted by atomic mass is 9.85. The summed E-state index contributed by atoms with van der Waals surface area (Å²) in [5.74, 6) is 0.480. The minimum Gasteiger partial charge on any atom is -0.496 e. The van der Waals surface area contributed by atoms with Gasteiger partial charge in [-0.1, -0.05) is 18.2 Å². The summed E-state index contributed by atoms with van der Waals surface area (Å²) in [6, 6.07) is 13.6. The van der Waals surface area contributed by atoms with Crippen molar-refractivity contribution in [2.75, 3.05) is 14.2 Å². The van der Waals surface area contributed by atoms with E-state index in [-0.39, 0.29) is 11.8 Å². The van der Waals surface area contributed by atoms with Crippen LogP contribution in [-0.2, 0) is 11.3 Å². The Balaban J connectivity index is 1.69. The molecule has 1 aliphatic rings. The Hall–Kier alpha value is -2.86. The van der Waals surface area contributed by atoms with Gasteiger partial charge >= 0.3 is 0 Å². The van der Waals surface area contributed by atoms with Crippen molar-refractivity contribution >= 4 is 11.8 Å². The lowest BCUT2D eigenvalue weighted by Crippen LogP contribution is -2.37. The van der Waals surface area contributed by atoms with Crippen LogP contribution in [0, 0.1) is 5.92 Å². The second-order valence-corrected chi connectivity index (χ2v) is 7.52. The Morgan fingerprint density at radius 1 is 1.03 bits per heavy atom. The molecule has 1 saturated carbocycles. The van der Waals surface area contributed by atoms with Gasteiger partial charge in [0.2, 0.25) is 11.8 Å². The first-order valence-electron chi connectivity index (χ1n) is 10.0. The number of benzene rings is 2. The third kappa shape index (κ3) is 5.15. The molecule has 0 unspecified atom stereocenters. The van der Waals surface area contributed by atoms with Crippen LogP contribution in [0.4, 0.5) is 0 Å². The van der Waals surface area contributed by atoms with Crippen molar-refractivity contribution in [3.8, 4) is 16.9 Å². The largest absolute Gasteiger partial charge is 0.496 e. The molecule has 0 saturated heterocycles. The number of hydrogen-bond acceptors (Lipinski definition) is 4. The molecule has 4 N–H and O–H groups in total. The summed E-state index contributed by atoms with van der Waals surface area (Å²) in [5.41, 5.74) is 8.66. The number of carbonyl (C=O) groups is 2. The highest BCUT2D eigenvalue weighted by Gasteiger charge is 2.25. The Kier molecular flexibility index (Phi) is 6.88. The minimum absolute atomic E-state index is 0.0788. The zero-order valence-electron chi connectivity index (χ0n) is 17.0. The van der Waals surface area contributed by atoms with E-state index in [1.165, 1.54) is 0 Å². The summed E-state index contributed by atoms with van der Waals surface area (Å²) in [4.78, 5) is 23.9. The van der Waals surface area contributed by atoms with Crippen LogP contribution in [0.5, 0.6) is 5.75 Å². The van der Waals surface area contributed by atoms with Crippen LogP contribution in [0.15, 0.2) is 42.5 Å². The highest BCUT2D eigenvalue weighted by molar-refractivity contribution is 5.93. The number of methoxy groups -OCH3 is 1. The molecule has 154 valence electrons. The Labute approximate surface area is 171 Å². The summed E-state index contributed by atoms with van der Waals surface area (Å²) in [6.07, 6.45) is 3.91. The van der Waals surface area contributed by atoms with Crippen LogP contribution in [-0.4, -0.2) is 32.0 Å². The van der Waals surface area contributed by atoms with Gasteiger partial charge in [0.1, 0.15) is 5.75 Å². The molecule has 2 aromatic rings. The normalized spacial score (nSPS) is 18.8. The molecule has 0 aliphatic heterocycles. The molecule has 0 aromatic heterocycles. The molecule has 6 heteroatoms. The molecule has 29 heavy (non-hydrogen) atoms. The van der Waals surface area contributed by atoms with E-state index >= 15 is 0 Å². The fourth-order valence-corrected chi connectivity index (χ4v) is 3.89. The molecule has 0 spiro atoms. The van der Waals surface area contributed by atoms with E-state index in [1.54, 1.807) is 19.2 Å². The van der Waals surface area contributed by atoms with E-state index in [1.807, 2.05) is 37.4 Å². The van der Waals surface area contributed by atoms with Crippen LogP contribution in [0.1, 0.15) is 41.6 Å². The topological polar surface area (TPSA) is 93.5 Å². The smallest absolute Gasteiger partial charge is 0.248 e. The standard InChI is InChI=1S/C23H29N3O3/c1-25-20-10-7-17(8-11-20)23(28)26-14-19-13-18(9-12-21(19)29-2)15-3-5-16(6-4-15)22(24)27/h3-6,9,12-13,17,20,25H,7-8,10-11,14H2,1-2H3,(H2,24,27)(H,26,28). The van der Waals surface area contributed by atoms with E-state index in [0.29, 0.717) is 18.2 Å². The number of primary amides is 1. The van der Waals surface area contributed by atoms with Crippen molar-refractivity contribution < 1.29 is 14.3 Å². The lowest BCUT2D eigenvalue weighted by Gasteiger charge is -2.27. The quantitative estimate of drug-likeness (QED) is 0.672. The van der Waals surface area contributed by atoms with E-state index in [9.17, 15) is 9.59 Å². The van der Waals surface area contributed by atoms with Gasteiger partial charge in [0.05, 0.1) is 7.11 Å². The second kappa shape index (κ2) is 9.56. The first-order chi connectivity index (χ1) is 14.0. The Morgan fingerprint density at radius 2 is 1.69 bits per heavy atom. The maximum absolute atomic E-state index is 12.6. The number of nitrogens with one attached hydrogen (secondary N) is 2. The fraction of sp³-hybridized carbons (Fsp3) is 0.391. The highest BCUT2D eigenvalue weighted by Crippen LogP contribution is 2.28. The van der Waals surface area contributed by atoms with Gasteiger partial charge in [-0.3, -0.25) is 9.59 Å². The molecular weight excluding hydrogens is 366 g/mol. The zero-order chi connectivity index (χ0) is 20.8. The van der Waals surface area contributed by atoms with Crippen LogP contribution in [0.3, 0.4) is 0 Å². The molecule has 0 radical (unpaired) electrons. The molecular formula is C23H29N3O3. The summed E-state index contributed by atoms with van der Waals surface area (Å²) in [6.45, 7) is 0.418. The van der Waals surface area contributed by atoms with Crippen LogP contribution >= 0.6 is 0 Å². The van der Waals surface area contributed by atoms with Crippen molar-refractivity contribution in [3.63, 3.8) is 0 Å². The molecule has 0 heterocycles. The molecule has 1 fully saturated rings. The zero-order valence-corrected chi connectivity index (χ0v) is 17.0. The number of rotatable bonds is 7. The average molecular weight is 396 g/mol. The summed E-state index contributed by atoms with van der Waals surface area (Å²) in [5, 5.41) is 6.37. The molecule has 1 aliphatic carbocycles.